The third-order valence-electron chi connectivity index (χ3n) is 4.55. The second-order valence-corrected chi connectivity index (χ2v) is 7.86. The highest BCUT2D eigenvalue weighted by atomic mass is 19.3. The van der Waals surface area contributed by atoms with Gasteiger partial charge in [-0.05, 0) is 25.0 Å². The topological polar surface area (TPSA) is 17.1 Å². The molecule has 2 rings (SSSR count). The van der Waals surface area contributed by atoms with Gasteiger partial charge in [0.25, 0.3) is 5.92 Å². The van der Waals surface area contributed by atoms with Gasteiger partial charge in [-0.3, -0.25) is 4.79 Å². The summed E-state index contributed by atoms with van der Waals surface area (Å²) < 4.78 is 26.7. The van der Waals surface area contributed by atoms with E-state index in [0.29, 0.717) is 17.8 Å². The highest BCUT2D eigenvalue weighted by molar-refractivity contribution is 5.82. The number of carbonyl (C=O) groups excluding carboxylic acids is 1. The third-order valence-corrected chi connectivity index (χ3v) is 4.55. The first-order chi connectivity index (χ1) is 12.5. The second-order valence-electron chi connectivity index (χ2n) is 7.86. The number of halogens is 2. The highest BCUT2D eigenvalue weighted by Crippen LogP contribution is 2.28. The van der Waals surface area contributed by atoms with Gasteiger partial charge in [-0.25, -0.2) is 8.78 Å². The van der Waals surface area contributed by atoms with Crippen molar-refractivity contribution >= 4 is 5.78 Å². The minimum absolute atomic E-state index is 0.140. The van der Waals surface area contributed by atoms with Crippen molar-refractivity contribution in [2.45, 2.75) is 60.3 Å². The fourth-order valence-electron chi connectivity index (χ4n) is 2.29. The van der Waals surface area contributed by atoms with Crippen LogP contribution in [0, 0.1) is 25.7 Å². The Balaban J connectivity index is 0.000000271. The molecule has 0 amide bonds. The minimum atomic E-state index is -2.60. The molecule has 148 valence electrons. The van der Waals surface area contributed by atoms with Crippen molar-refractivity contribution in [3.8, 4) is 0 Å². The molecule has 3 heteroatoms. The Morgan fingerprint density at radius 1 is 0.815 bits per heavy atom. The number of rotatable bonds is 6. The molecular weight excluding hydrogens is 342 g/mol. The van der Waals surface area contributed by atoms with E-state index in [4.69, 9.17) is 0 Å². The van der Waals surface area contributed by atoms with Gasteiger partial charge < -0.3 is 0 Å². The third kappa shape index (κ3) is 8.47. The monoisotopic (exact) mass is 374 g/mol. The van der Waals surface area contributed by atoms with Gasteiger partial charge in [-0.15, -0.1) is 0 Å². The molecule has 0 aliphatic heterocycles. The van der Waals surface area contributed by atoms with Crippen LogP contribution in [0.5, 0.6) is 0 Å². The smallest absolute Gasteiger partial charge is 0.254 e. The minimum Gasteiger partial charge on any atom is -0.299 e. The van der Waals surface area contributed by atoms with Gasteiger partial charge >= 0.3 is 0 Å². The molecule has 0 radical (unpaired) electrons. The summed E-state index contributed by atoms with van der Waals surface area (Å²) in [7, 11) is 0. The average Bonchev–Trinajstić information content (AvgIpc) is 2.59. The van der Waals surface area contributed by atoms with Crippen LogP contribution in [-0.4, -0.2) is 11.7 Å². The molecule has 0 bridgehead atoms. The number of hydrogen-bond donors (Lipinski definition) is 0. The maximum Gasteiger partial charge on any atom is 0.254 e. The fourth-order valence-corrected chi connectivity index (χ4v) is 2.29. The van der Waals surface area contributed by atoms with E-state index in [1.54, 1.807) is 26.0 Å². The maximum absolute atomic E-state index is 13.3. The van der Waals surface area contributed by atoms with Gasteiger partial charge in [-0.1, -0.05) is 87.4 Å². The summed E-state index contributed by atoms with van der Waals surface area (Å²) in [4.78, 5) is 11.4. The summed E-state index contributed by atoms with van der Waals surface area (Å²) in [6, 6.07) is 15.4. The lowest BCUT2D eigenvalue weighted by molar-refractivity contribution is -0.121. The fraction of sp³-hybridized carbons (Fsp3) is 0.458. The maximum atomic E-state index is 13.3. The zero-order chi connectivity index (χ0) is 20.6. The molecule has 27 heavy (non-hydrogen) atoms. The lowest BCUT2D eigenvalue weighted by Gasteiger charge is -2.20. The number of alkyl halides is 2. The highest BCUT2D eigenvalue weighted by Gasteiger charge is 2.33. The number of carbonyl (C=O) groups is 1. The molecule has 0 saturated heterocycles. The Morgan fingerprint density at radius 3 is 1.59 bits per heavy atom. The number of benzene rings is 2. The Kier molecular flexibility index (Phi) is 8.81. The lowest BCUT2D eigenvalue weighted by atomic mass is 9.98. The van der Waals surface area contributed by atoms with Crippen LogP contribution in [0.3, 0.4) is 0 Å². The Morgan fingerprint density at radius 2 is 1.22 bits per heavy atom. The van der Waals surface area contributed by atoms with Gasteiger partial charge in [0.2, 0.25) is 0 Å². The largest absolute Gasteiger partial charge is 0.299 e. The normalized spacial score (nSPS) is 11.3. The van der Waals surface area contributed by atoms with Crippen LogP contribution in [0.15, 0.2) is 48.5 Å². The molecule has 0 aliphatic carbocycles. The van der Waals surface area contributed by atoms with Crippen LogP contribution in [-0.2, 0) is 17.6 Å². The van der Waals surface area contributed by atoms with Crippen LogP contribution < -0.4 is 0 Å². The van der Waals surface area contributed by atoms with E-state index in [-0.39, 0.29) is 12.3 Å². The van der Waals surface area contributed by atoms with Gasteiger partial charge in [0.15, 0.2) is 0 Å². The predicted molar refractivity (Wildman–Crippen MR) is 109 cm³/mol. The molecule has 0 heterocycles. The Labute approximate surface area is 162 Å². The van der Waals surface area contributed by atoms with E-state index >= 15 is 0 Å². The molecule has 0 aromatic heterocycles. The van der Waals surface area contributed by atoms with E-state index in [0.717, 1.165) is 11.1 Å². The van der Waals surface area contributed by atoms with Crippen molar-refractivity contribution in [2.75, 3.05) is 0 Å². The number of aryl methyl sites for hydroxylation is 2. The van der Waals surface area contributed by atoms with Crippen LogP contribution in [0.4, 0.5) is 8.78 Å². The van der Waals surface area contributed by atoms with Crippen molar-refractivity contribution in [1.82, 2.24) is 0 Å². The summed E-state index contributed by atoms with van der Waals surface area (Å²) in [6.07, 6.45) is 0.406. The zero-order valence-corrected chi connectivity index (χ0v) is 17.4. The molecule has 0 spiro atoms. The molecule has 2 aromatic carbocycles. The summed E-state index contributed by atoms with van der Waals surface area (Å²) in [5.41, 5.74) is 4.15. The lowest BCUT2D eigenvalue weighted by Crippen LogP contribution is -2.26. The molecule has 0 saturated carbocycles. The molecule has 0 aliphatic rings. The quantitative estimate of drug-likeness (QED) is 0.557. The molecule has 1 nitrogen and oxygen atoms in total. The summed E-state index contributed by atoms with van der Waals surface area (Å²) >= 11 is 0. The van der Waals surface area contributed by atoms with Crippen molar-refractivity contribution in [3.05, 3.63) is 70.8 Å². The zero-order valence-electron chi connectivity index (χ0n) is 17.4. The van der Waals surface area contributed by atoms with Crippen LogP contribution in [0.25, 0.3) is 0 Å². The number of Topliss-reactive ketones (excluding diaryl/α,β-unsaturated/α-hetero) is 1. The Hall–Kier alpha value is -2.03. The molecule has 2 aromatic rings. The van der Waals surface area contributed by atoms with Gasteiger partial charge in [0.05, 0.1) is 0 Å². The van der Waals surface area contributed by atoms with Crippen molar-refractivity contribution in [2.24, 2.45) is 11.8 Å². The van der Waals surface area contributed by atoms with E-state index in [2.05, 4.69) is 0 Å². The number of ketones is 1. The Bertz CT molecular complexity index is 698. The number of hydrogen-bond acceptors (Lipinski definition) is 1. The van der Waals surface area contributed by atoms with Crippen molar-refractivity contribution in [1.29, 1.82) is 0 Å². The van der Waals surface area contributed by atoms with Crippen LogP contribution >= 0.6 is 0 Å². The molecule has 0 fully saturated rings. The summed E-state index contributed by atoms with van der Waals surface area (Å²) in [6.45, 7) is 11.0. The molecule has 0 unspecified atom stereocenters. The van der Waals surface area contributed by atoms with E-state index < -0.39 is 11.8 Å². The first-order valence-corrected chi connectivity index (χ1v) is 9.53. The summed E-state index contributed by atoms with van der Waals surface area (Å²) in [5.74, 6) is -2.76. The van der Waals surface area contributed by atoms with Gasteiger partial charge in [0.1, 0.15) is 5.78 Å². The molecular formula is C24H32F2O. The first-order valence-electron chi connectivity index (χ1n) is 9.53. The molecule has 0 N–H and O–H groups in total. The second kappa shape index (κ2) is 10.3. The van der Waals surface area contributed by atoms with E-state index in [9.17, 15) is 13.6 Å². The van der Waals surface area contributed by atoms with E-state index in [1.165, 1.54) is 5.56 Å². The van der Waals surface area contributed by atoms with Crippen LogP contribution in [0.1, 0.15) is 49.9 Å². The van der Waals surface area contributed by atoms with Crippen molar-refractivity contribution < 1.29 is 13.6 Å². The predicted octanol–water partition coefficient (Wildman–Crippen LogP) is 6.59. The standard InChI is InChI=1S/C12H16F2.C12H16O/c1-9(2)12(13,14)8-11-6-4-10(3)5-7-11;1-9(2)12(13)8-11-6-4-10(3)5-7-11/h4-7,9H,8H2,1-3H3;4-7,9H,8H2,1-3H3. The van der Waals surface area contributed by atoms with Gasteiger partial charge in [-0.2, -0.15) is 0 Å². The van der Waals surface area contributed by atoms with E-state index in [1.807, 2.05) is 64.1 Å². The van der Waals surface area contributed by atoms with Gasteiger partial charge in [0, 0.05) is 24.7 Å². The first kappa shape index (κ1) is 23.0. The summed E-state index contributed by atoms with van der Waals surface area (Å²) in [5, 5.41) is 0. The average molecular weight is 375 g/mol. The van der Waals surface area contributed by atoms with Crippen molar-refractivity contribution in [3.63, 3.8) is 0 Å². The molecule has 0 atom stereocenters. The SMILES string of the molecule is Cc1ccc(CC(=O)C(C)C)cc1.Cc1ccc(CC(F)(F)C(C)C)cc1. The van der Waals surface area contributed by atoms with Crippen LogP contribution in [0.2, 0.25) is 0 Å².